The molecular formula is C13H13ClN4S2. The standard InChI is InChI=1S/C13H13ClN4S2/c14-12-11(7-15)13(20-16-12)18-4-2-17(3-5-18)8-10-1-6-19-9-10/h1,6,9H,2-5,8H2. The van der Waals surface area contributed by atoms with Crippen LogP contribution in [0.15, 0.2) is 16.8 Å². The van der Waals surface area contributed by atoms with Crippen LogP contribution in [-0.4, -0.2) is 35.5 Å². The summed E-state index contributed by atoms with van der Waals surface area (Å²) in [6, 6.07) is 4.33. The molecule has 1 aliphatic rings. The van der Waals surface area contributed by atoms with Crippen molar-refractivity contribution in [3.8, 4) is 6.07 Å². The Hall–Kier alpha value is -1.13. The Labute approximate surface area is 131 Å². The van der Waals surface area contributed by atoms with Crippen molar-refractivity contribution in [3.05, 3.63) is 33.1 Å². The summed E-state index contributed by atoms with van der Waals surface area (Å²) in [5.74, 6) is 0. The predicted octanol–water partition coefficient (Wildman–Crippen LogP) is 3.05. The van der Waals surface area contributed by atoms with Crippen LogP contribution in [0.1, 0.15) is 11.1 Å². The van der Waals surface area contributed by atoms with Gasteiger partial charge in [-0.3, -0.25) is 4.90 Å². The van der Waals surface area contributed by atoms with Crippen molar-refractivity contribution in [3.63, 3.8) is 0 Å². The summed E-state index contributed by atoms with van der Waals surface area (Å²) in [6.45, 7) is 4.83. The van der Waals surface area contributed by atoms with Gasteiger partial charge in [-0.05, 0) is 33.9 Å². The van der Waals surface area contributed by atoms with E-state index in [1.807, 2.05) is 0 Å². The maximum Gasteiger partial charge on any atom is 0.162 e. The number of hydrogen-bond donors (Lipinski definition) is 0. The number of nitrogens with zero attached hydrogens (tertiary/aromatic N) is 4. The van der Waals surface area contributed by atoms with Crippen LogP contribution >= 0.6 is 34.5 Å². The lowest BCUT2D eigenvalue weighted by atomic mass is 10.2. The van der Waals surface area contributed by atoms with Gasteiger partial charge in [0.2, 0.25) is 0 Å². The molecule has 7 heteroatoms. The SMILES string of the molecule is N#Cc1c(Cl)nsc1N1CCN(Cc2ccsc2)CC1. The maximum absolute atomic E-state index is 9.14. The first-order valence-electron chi connectivity index (χ1n) is 6.31. The van der Waals surface area contributed by atoms with Crippen LogP contribution in [0.5, 0.6) is 0 Å². The van der Waals surface area contributed by atoms with Gasteiger partial charge < -0.3 is 4.90 Å². The fourth-order valence-electron chi connectivity index (χ4n) is 2.32. The number of nitriles is 1. The molecule has 0 radical (unpaired) electrons. The maximum atomic E-state index is 9.14. The summed E-state index contributed by atoms with van der Waals surface area (Å²) in [5, 5.41) is 14.7. The number of piperazine rings is 1. The fourth-order valence-corrected chi connectivity index (χ4v) is 4.06. The normalized spacial score (nSPS) is 16.3. The Balaban J connectivity index is 1.62. The van der Waals surface area contributed by atoms with Crippen LogP contribution in [0.2, 0.25) is 5.15 Å². The van der Waals surface area contributed by atoms with Gasteiger partial charge in [0.05, 0.1) is 0 Å². The molecule has 0 N–H and O–H groups in total. The summed E-state index contributed by atoms with van der Waals surface area (Å²) < 4.78 is 4.07. The van der Waals surface area contributed by atoms with E-state index in [2.05, 4.69) is 37.1 Å². The van der Waals surface area contributed by atoms with E-state index in [0.717, 1.165) is 37.7 Å². The molecule has 0 aliphatic carbocycles. The van der Waals surface area contributed by atoms with E-state index in [1.54, 1.807) is 11.3 Å². The van der Waals surface area contributed by atoms with Gasteiger partial charge >= 0.3 is 0 Å². The van der Waals surface area contributed by atoms with Gasteiger partial charge in [-0.1, -0.05) is 11.6 Å². The van der Waals surface area contributed by atoms with E-state index in [0.29, 0.717) is 10.7 Å². The summed E-state index contributed by atoms with van der Waals surface area (Å²) in [6.07, 6.45) is 0. The number of rotatable bonds is 3. The molecule has 4 nitrogen and oxygen atoms in total. The topological polar surface area (TPSA) is 43.2 Å². The molecule has 0 spiro atoms. The van der Waals surface area contributed by atoms with Crippen molar-refractivity contribution in [2.45, 2.75) is 6.54 Å². The minimum atomic E-state index is 0.327. The van der Waals surface area contributed by atoms with Crippen LogP contribution in [0.4, 0.5) is 5.00 Å². The number of hydrogen-bond acceptors (Lipinski definition) is 6. The van der Waals surface area contributed by atoms with E-state index in [9.17, 15) is 0 Å². The van der Waals surface area contributed by atoms with E-state index < -0.39 is 0 Å². The molecule has 104 valence electrons. The molecule has 0 aromatic carbocycles. The molecule has 1 saturated heterocycles. The first-order valence-corrected chi connectivity index (χ1v) is 8.41. The van der Waals surface area contributed by atoms with Gasteiger partial charge in [-0.2, -0.15) is 21.0 Å². The molecule has 2 aromatic heterocycles. The average molecular weight is 325 g/mol. The van der Waals surface area contributed by atoms with Crippen molar-refractivity contribution in [1.82, 2.24) is 9.27 Å². The smallest absolute Gasteiger partial charge is 0.162 e. The monoisotopic (exact) mass is 324 g/mol. The molecular weight excluding hydrogens is 312 g/mol. The Kier molecular flexibility index (Phi) is 4.22. The molecule has 20 heavy (non-hydrogen) atoms. The van der Waals surface area contributed by atoms with Crippen LogP contribution < -0.4 is 4.90 Å². The lowest BCUT2D eigenvalue weighted by molar-refractivity contribution is 0.250. The second-order valence-corrected chi connectivity index (χ2v) is 6.55. The molecule has 0 amide bonds. The summed E-state index contributed by atoms with van der Waals surface area (Å²) in [4.78, 5) is 4.65. The molecule has 0 bridgehead atoms. The highest BCUT2D eigenvalue weighted by Gasteiger charge is 2.22. The zero-order valence-electron chi connectivity index (χ0n) is 10.8. The largest absolute Gasteiger partial charge is 0.358 e. The third-order valence-corrected chi connectivity index (χ3v) is 5.40. The second kappa shape index (κ2) is 6.10. The molecule has 0 atom stereocenters. The van der Waals surface area contributed by atoms with Gasteiger partial charge in [0.25, 0.3) is 0 Å². The van der Waals surface area contributed by atoms with Crippen LogP contribution in [0.3, 0.4) is 0 Å². The summed E-state index contributed by atoms with van der Waals surface area (Å²) in [7, 11) is 0. The fraction of sp³-hybridized carbons (Fsp3) is 0.385. The van der Waals surface area contributed by atoms with Crippen molar-refractivity contribution >= 4 is 39.5 Å². The lowest BCUT2D eigenvalue weighted by Crippen LogP contribution is -2.45. The van der Waals surface area contributed by atoms with E-state index in [1.165, 1.54) is 17.1 Å². The van der Waals surface area contributed by atoms with Crippen LogP contribution in [0, 0.1) is 11.3 Å². The van der Waals surface area contributed by atoms with Gasteiger partial charge in [0.15, 0.2) is 5.15 Å². The third kappa shape index (κ3) is 2.81. The number of aromatic nitrogens is 1. The molecule has 1 aliphatic heterocycles. The summed E-state index contributed by atoms with van der Waals surface area (Å²) in [5.41, 5.74) is 1.89. The van der Waals surface area contributed by atoms with Crippen molar-refractivity contribution in [2.75, 3.05) is 31.1 Å². The van der Waals surface area contributed by atoms with Crippen LogP contribution in [-0.2, 0) is 6.54 Å². The second-order valence-electron chi connectivity index (χ2n) is 4.66. The first kappa shape index (κ1) is 13.8. The number of anilines is 1. The van der Waals surface area contributed by atoms with Gasteiger partial charge in [-0.25, -0.2) is 0 Å². The van der Waals surface area contributed by atoms with E-state index >= 15 is 0 Å². The van der Waals surface area contributed by atoms with Crippen molar-refractivity contribution < 1.29 is 0 Å². The third-order valence-electron chi connectivity index (χ3n) is 3.39. The van der Waals surface area contributed by atoms with Crippen molar-refractivity contribution in [1.29, 1.82) is 5.26 Å². The molecule has 0 unspecified atom stereocenters. The highest BCUT2D eigenvalue weighted by atomic mass is 35.5. The molecule has 1 fully saturated rings. The van der Waals surface area contributed by atoms with Gasteiger partial charge in [0, 0.05) is 32.7 Å². The zero-order valence-corrected chi connectivity index (χ0v) is 13.1. The minimum Gasteiger partial charge on any atom is -0.358 e. The predicted molar refractivity (Wildman–Crippen MR) is 83.6 cm³/mol. The van der Waals surface area contributed by atoms with Crippen LogP contribution in [0.25, 0.3) is 0 Å². The van der Waals surface area contributed by atoms with Gasteiger partial charge in [0.1, 0.15) is 16.6 Å². The lowest BCUT2D eigenvalue weighted by Gasteiger charge is -2.35. The molecule has 2 aromatic rings. The van der Waals surface area contributed by atoms with E-state index in [-0.39, 0.29) is 0 Å². The first-order chi connectivity index (χ1) is 9.78. The summed E-state index contributed by atoms with van der Waals surface area (Å²) >= 11 is 8.99. The Morgan fingerprint density at radius 2 is 2.15 bits per heavy atom. The number of thiophene rings is 1. The number of halogens is 1. The molecule has 3 rings (SSSR count). The van der Waals surface area contributed by atoms with Gasteiger partial charge in [-0.15, -0.1) is 0 Å². The molecule has 3 heterocycles. The quantitative estimate of drug-likeness (QED) is 0.870. The minimum absolute atomic E-state index is 0.327. The zero-order chi connectivity index (χ0) is 13.9. The highest BCUT2D eigenvalue weighted by molar-refractivity contribution is 7.10. The Morgan fingerprint density at radius 1 is 1.35 bits per heavy atom. The average Bonchev–Trinajstić information content (AvgIpc) is 3.09. The highest BCUT2D eigenvalue weighted by Crippen LogP contribution is 2.31. The van der Waals surface area contributed by atoms with E-state index in [4.69, 9.17) is 16.9 Å². The molecule has 0 saturated carbocycles. The van der Waals surface area contributed by atoms with Crippen molar-refractivity contribution in [2.24, 2.45) is 0 Å². The Morgan fingerprint density at radius 3 is 2.80 bits per heavy atom. The Bertz CT molecular complexity index is 609.